The molecule has 3 aromatic rings. The van der Waals surface area contributed by atoms with Crippen LogP contribution in [-0.2, 0) is 14.8 Å². The summed E-state index contributed by atoms with van der Waals surface area (Å²) < 4.78 is 34.1. The van der Waals surface area contributed by atoms with Crippen molar-refractivity contribution in [3.05, 3.63) is 77.4 Å². The van der Waals surface area contributed by atoms with Crippen LogP contribution in [0.15, 0.2) is 65.6 Å². The molecule has 154 valence electrons. The highest BCUT2D eigenvalue weighted by molar-refractivity contribution is 7.89. The first-order chi connectivity index (χ1) is 14.5. The molecule has 1 heterocycles. The predicted molar refractivity (Wildman–Crippen MR) is 118 cm³/mol. The highest BCUT2D eigenvalue weighted by atomic mass is 32.2. The van der Waals surface area contributed by atoms with Crippen LogP contribution in [0.2, 0.25) is 0 Å². The third kappa shape index (κ3) is 3.17. The zero-order valence-corrected chi connectivity index (χ0v) is 17.8. The molecule has 6 heteroatoms. The molecule has 0 aromatic heterocycles. The summed E-state index contributed by atoms with van der Waals surface area (Å²) in [4.78, 5) is 12.2. The van der Waals surface area contributed by atoms with E-state index in [0.717, 1.165) is 29.9 Å². The van der Waals surface area contributed by atoms with E-state index in [-0.39, 0.29) is 4.90 Å². The molecular weight excluding hydrogens is 398 g/mol. The number of aldehydes is 1. The number of nitrogens with zero attached hydrogens (tertiary/aromatic N) is 1. The minimum Gasteiger partial charge on any atom is -0.491 e. The fraction of sp³-hybridized carbons (Fsp3) is 0.208. The lowest BCUT2D eigenvalue weighted by Crippen LogP contribution is -2.31. The highest BCUT2D eigenvalue weighted by Crippen LogP contribution is 2.43. The number of benzene rings is 3. The number of fused-ring (bicyclic) bond motifs is 2. The summed E-state index contributed by atoms with van der Waals surface area (Å²) in [5.41, 5.74) is 1.90. The molecule has 1 aliphatic rings. The van der Waals surface area contributed by atoms with Crippen LogP contribution in [0.1, 0.15) is 41.3 Å². The van der Waals surface area contributed by atoms with Gasteiger partial charge < -0.3 is 4.74 Å². The minimum absolute atomic E-state index is 0.204. The molecule has 0 amide bonds. The summed E-state index contributed by atoms with van der Waals surface area (Å²) in [6.07, 6.45) is 2.55. The average molecular weight is 422 g/mol. The van der Waals surface area contributed by atoms with Gasteiger partial charge in [0.25, 0.3) is 10.0 Å². The molecule has 4 rings (SSSR count). The Hall–Kier alpha value is -3.12. The van der Waals surface area contributed by atoms with Crippen LogP contribution in [0.5, 0.6) is 0 Å². The highest BCUT2D eigenvalue weighted by Gasteiger charge is 2.37. The summed E-state index contributed by atoms with van der Waals surface area (Å²) in [6, 6.07) is 18.1. The Kier molecular flexibility index (Phi) is 5.35. The molecule has 30 heavy (non-hydrogen) atoms. The topological polar surface area (TPSA) is 63.7 Å². The van der Waals surface area contributed by atoms with Crippen molar-refractivity contribution in [1.82, 2.24) is 4.31 Å². The molecule has 1 aliphatic heterocycles. The van der Waals surface area contributed by atoms with E-state index >= 15 is 0 Å². The predicted octanol–water partition coefficient (Wildman–Crippen LogP) is 4.93. The van der Waals surface area contributed by atoms with Gasteiger partial charge in [0.1, 0.15) is 5.70 Å². The van der Waals surface area contributed by atoms with E-state index in [1.807, 2.05) is 30.3 Å². The van der Waals surface area contributed by atoms with Gasteiger partial charge in [0, 0.05) is 23.7 Å². The van der Waals surface area contributed by atoms with Crippen molar-refractivity contribution in [1.29, 1.82) is 0 Å². The molecule has 0 fully saturated rings. The third-order valence-electron chi connectivity index (χ3n) is 5.37. The van der Waals surface area contributed by atoms with Gasteiger partial charge in [0.05, 0.1) is 11.5 Å². The Bertz CT molecular complexity index is 1260. The van der Waals surface area contributed by atoms with Gasteiger partial charge in [-0.3, -0.25) is 9.10 Å². The molecule has 0 atom stereocenters. The van der Waals surface area contributed by atoms with Gasteiger partial charge in [-0.25, -0.2) is 8.42 Å². The maximum Gasteiger partial charge on any atom is 0.264 e. The number of rotatable bonds is 6. The van der Waals surface area contributed by atoms with Crippen molar-refractivity contribution < 1.29 is 17.9 Å². The van der Waals surface area contributed by atoms with E-state index in [0.29, 0.717) is 34.8 Å². The van der Waals surface area contributed by atoms with Gasteiger partial charge in [0.2, 0.25) is 0 Å². The fourth-order valence-electron chi connectivity index (χ4n) is 3.80. The molecule has 0 unspecified atom stereocenters. The molecule has 0 spiro atoms. The lowest BCUT2D eigenvalue weighted by Gasteiger charge is -2.32. The third-order valence-corrected chi connectivity index (χ3v) is 7.18. The summed E-state index contributed by atoms with van der Waals surface area (Å²) >= 11 is 0. The molecule has 3 aromatic carbocycles. The van der Waals surface area contributed by atoms with E-state index in [1.54, 1.807) is 30.3 Å². The molecule has 0 saturated carbocycles. The van der Waals surface area contributed by atoms with Crippen LogP contribution in [0.25, 0.3) is 22.2 Å². The normalized spacial score (nSPS) is 15.2. The minimum atomic E-state index is -3.80. The van der Waals surface area contributed by atoms with Crippen molar-refractivity contribution in [3.63, 3.8) is 0 Å². The van der Waals surface area contributed by atoms with Crippen LogP contribution < -0.4 is 0 Å². The smallest absolute Gasteiger partial charge is 0.264 e. The Morgan fingerprint density at radius 1 is 1.00 bits per heavy atom. The SMILES string of the molecule is CCCCOC1=C(c2c(C=O)ccc3ccccc23)N(C)S(=O)(=O)c2ccccc21. The number of carbonyl (C=O) groups excluding carboxylic acids is 1. The second-order valence-electron chi connectivity index (χ2n) is 7.22. The molecular formula is C24H23NO4S. The second-order valence-corrected chi connectivity index (χ2v) is 9.15. The number of hydrogen-bond acceptors (Lipinski definition) is 4. The second kappa shape index (κ2) is 7.95. The lowest BCUT2D eigenvalue weighted by atomic mass is 9.95. The molecule has 0 N–H and O–H groups in total. The Morgan fingerprint density at radius 3 is 2.50 bits per heavy atom. The van der Waals surface area contributed by atoms with Crippen molar-refractivity contribution in [2.75, 3.05) is 13.7 Å². The molecule has 0 bridgehead atoms. The van der Waals surface area contributed by atoms with Crippen molar-refractivity contribution >= 4 is 38.5 Å². The number of ether oxygens (including phenoxy) is 1. The largest absolute Gasteiger partial charge is 0.491 e. The molecule has 0 saturated heterocycles. The standard InChI is InChI=1S/C24H23NO4S/c1-3-4-15-29-24-20-11-7-8-12-21(20)30(27,28)25(2)23(24)22-18(16-26)14-13-17-9-5-6-10-19(17)22/h5-14,16H,3-4,15H2,1-2H3. The van der Waals surface area contributed by atoms with Crippen LogP contribution in [0.3, 0.4) is 0 Å². The first-order valence-electron chi connectivity index (χ1n) is 9.93. The van der Waals surface area contributed by atoms with Crippen molar-refractivity contribution in [2.24, 2.45) is 0 Å². The summed E-state index contributed by atoms with van der Waals surface area (Å²) in [5, 5.41) is 1.72. The average Bonchev–Trinajstić information content (AvgIpc) is 2.77. The van der Waals surface area contributed by atoms with E-state index in [4.69, 9.17) is 4.74 Å². The van der Waals surface area contributed by atoms with Gasteiger partial charge >= 0.3 is 0 Å². The number of unbranched alkanes of at least 4 members (excludes halogenated alkanes) is 1. The van der Waals surface area contributed by atoms with Crippen LogP contribution in [0, 0.1) is 0 Å². The zero-order valence-electron chi connectivity index (χ0n) is 17.0. The van der Waals surface area contributed by atoms with Crippen molar-refractivity contribution in [3.8, 4) is 0 Å². The van der Waals surface area contributed by atoms with Gasteiger partial charge in [-0.2, -0.15) is 0 Å². The van der Waals surface area contributed by atoms with Crippen LogP contribution >= 0.6 is 0 Å². The first kappa shape index (κ1) is 20.2. The molecule has 5 nitrogen and oxygen atoms in total. The van der Waals surface area contributed by atoms with Gasteiger partial charge in [-0.15, -0.1) is 0 Å². The Morgan fingerprint density at radius 2 is 1.73 bits per heavy atom. The van der Waals surface area contributed by atoms with E-state index in [1.165, 1.54) is 11.4 Å². The van der Waals surface area contributed by atoms with E-state index in [2.05, 4.69) is 6.92 Å². The summed E-state index contributed by atoms with van der Waals surface area (Å²) in [5.74, 6) is 0.482. The number of hydrogen-bond donors (Lipinski definition) is 0. The van der Waals surface area contributed by atoms with Gasteiger partial charge in [-0.05, 0) is 29.3 Å². The number of carbonyl (C=O) groups is 1. The Balaban J connectivity index is 2.11. The van der Waals surface area contributed by atoms with E-state index in [9.17, 15) is 13.2 Å². The summed E-state index contributed by atoms with van der Waals surface area (Å²) in [7, 11) is -2.28. The maximum atomic E-state index is 13.3. The van der Waals surface area contributed by atoms with Gasteiger partial charge in [-0.1, -0.05) is 61.9 Å². The maximum absolute atomic E-state index is 13.3. The molecule has 0 radical (unpaired) electrons. The fourth-order valence-corrected chi connectivity index (χ4v) is 5.20. The van der Waals surface area contributed by atoms with Crippen LogP contribution in [0.4, 0.5) is 0 Å². The first-order valence-corrected chi connectivity index (χ1v) is 11.4. The monoisotopic (exact) mass is 421 g/mol. The summed E-state index contributed by atoms with van der Waals surface area (Å²) in [6.45, 7) is 2.53. The zero-order chi connectivity index (χ0) is 21.3. The lowest BCUT2D eigenvalue weighted by molar-refractivity contribution is 0.112. The number of sulfonamides is 1. The Labute approximate surface area is 176 Å². The van der Waals surface area contributed by atoms with E-state index < -0.39 is 10.0 Å². The van der Waals surface area contributed by atoms with Crippen LogP contribution in [-0.4, -0.2) is 32.7 Å². The van der Waals surface area contributed by atoms with Crippen molar-refractivity contribution in [2.45, 2.75) is 24.7 Å². The van der Waals surface area contributed by atoms with Gasteiger partial charge in [0.15, 0.2) is 12.0 Å². The quantitative estimate of drug-likeness (QED) is 0.418. The molecule has 0 aliphatic carbocycles.